The van der Waals surface area contributed by atoms with Gasteiger partial charge in [-0.2, -0.15) is 12.7 Å². The highest BCUT2D eigenvalue weighted by atomic mass is 32.2. The van der Waals surface area contributed by atoms with Crippen LogP contribution < -0.4 is 0 Å². The van der Waals surface area contributed by atoms with Crippen LogP contribution >= 0.6 is 0 Å². The molecule has 0 saturated heterocycles. The van der Waals surface area contributed by atoms with Crippen molar-refractivity contribution in [3.05, 3.63) is 12.3 Å². The molecule has 1 atom stereocenters. The van der Waals surface area contributed by atoms with Crippen LogP contribution in [0, 0.1) is 0 Å². The molecule has 0 fully saturated rings. The summed E-state index contributed by atoms with van der Waals surface area (Å²) < 4.78 is 32.1. The molecule has 0 aromatic heterocycles. The number of carbonyl (C=O) groups excluding carboxylic acids is 1. The molecule has 1 aliphatic rings. The Morgan fingerprint density at radius 3 is 2.39 bits per heavy atom. The largest absolute Gasteiger partial charge is 0.479 e. The summed E-state index contributed by atoms with van der Waals surface area (Å²) >= 11 is 0. The lowest BCUT2D eigenvalue weighted by atomic mass is 10.2. The third kappa shape index (κ3) is 3.13. The van der Waals surface area contributed by atoms with Gasteiger partial charge in [-0.25, -0.2) is 9.59 Å². The first-order valence-corrected chi connectivity index (χ1v) is 6.26. The number of nitrogens with zero attached hydrogens (tertiary/aromatic N) is 1. The van der Waals surface area contributed by atoms with Gasteiger partial charge in [0.2, 0.25) is 0 Å². The van der Waals surface area contributed by atoms with E-state index in [9.17, 15) is 18.0 Å². The zero-order valence-corrected chi connectivity index (χ0v) is 10.8. The first-order valence-electron chi connectivity index (χ1n) is 4.90. The first kappa shape index (κ1) is 14.3. The van der Waals surface area contributed by atoms with Gasteiger partial charge in [-0.05, 0) is 26.8 Å². The van der Waals surface area contributed by atoms with Gasteiger partial charge in [0.1, 0.15) is 11.9 Å². The second-order valence-corrected chi connectivity index (χ2v) is 5.88. The lowest BCUT2D eigenvalue weighted by Crippen LogP contribution is -2.51. The Bertz CT molecular complexity index is 488. The van der Waals surface area contributed by atoms with Crippen molar-refractivity contribution in [3.8, 4) is 0 Å². The summed E-state index contributed by atoms with van der Waals surface area (Å²) in [6.45, 7) is 4.57. The standard InChI is InChI=1S/C9H13NO7S/c1-9(2,3)17-8(13)10-6(7(11)12)4-5-16-18(10,14)15/h4-6H,1-3H3,(H,11,12)/t6-/m0/s1. The van der Waals surface area contributed by atoms with Crippen LogP contribution in [-0.2, 0) is 24.0 Å². The highest BCUT2D eigenvalue weighted by Gasteiger charge is 2.43. The van der Waals surface area contributed by atoms with E-state index in [-0.39, 0.29) is 4.31 Å². The minimum Gasteiger partial charge on any atom is -0.479 e. The lowest BCUT2D eigenvalue weighted by Gasteiger charge is -2.30. The summed E-state index contributed by atoms with van der Waals surface area (Å²) in [6.07, 6.45) is 0.321. The number of hydrogen-bond acceptors (Lipinski definition) is 6. The summed E-state index contributed by atoms with van der Waals surface area (Å²) in [7, 11) is -4.50. The number of carboxylic acids is 1. The van der Waals surface area contributed by atoms with E-state index in [1.54, 1.807) is 0 Å². The zero-order valence-electron chi connectivity index (χ0n) is 9.98. The van der Waals surface area contributed by atoms with Gasteiger partial charge in [-0.3, -0.25) is 0 Å². The highest BCUT2D eigenvalue weighted by Crippen LogP contribution is 2.20. The van der Waals surface area contributed by atoms with Crippen LogP contribution in [0.15, 0.2) is 12.3 Å². The van der Waals surface area contributed by atoms with Crippen molar-refractivity contribution in [2.24, 2.45) is 0 Å². The fourth-order valence-electron chi connectivity index (χ4n) is 1.13. The number of amides is 1. The SMILES string of the molecule is CC(C)(C)OC(=O)N1[C@H](C(=O)O)C=COS1(=O)=O. The Balaban J connectivity index is 3.11. The predicted octanol–water partition coefficient (Wildman–Crippen LogP) is 0.465. The van der Waals surface area contributed by atoms with E-state index < -0.39 is 34.0 Å². The van der Waals surface area contributed by atoms with Crippen molar-refractivity contribution >= 4 is 22.4 Å². The normalized spacial score (nSPS) is 22.2. The molecule has 9 heteroatoms. The smallest absolute Gasteiger partial charge is 0.427 e. The van der Waals surface area contributed by atoms with Crippen LogP contribution in [0.1, 0.15) is 20.8 Å². The molecule has 0 aliphatic carbocycles. The van der Waals surface area contributed by atoms with Gasteiger partial charge in [0.25, 0.3) is 0 Å². The highest BCUT2D eigenvalue weighted by molar-refractivity contribution is 7.85. The van der Waals surface area contributed by atoms with Gasteiger partial charge in [0, 0.05) is 0 Å². The molecule has 0 unspecified atom stereocenters. The van der Waals surface area contributed by atoms with E-state index in [1.807, 2.05) is 0 Å². The van der Waals surface area contributed by atoms with Gasteiger partial charge >= 0.3 is 22.4 Å². The van der Waals surface area contributed by atoms with E-state index in [0.717, 1.165) is 6.08 Å². The summed E-state index contributed by atoms with van der Waals surface area (Å²) in [5, 5.41) is 8.87. The maximum Gasteiger partial charge on any atom is 0.427 e. The Kier molecular flexibility index (Phi) is 3.56. The molecule has 0 radical (unpaired) electrons. The number of ether oxygens (including phenoxy) is 1. The Labute approximate surface area is 104 Å². The van der Waals surface area contributed by atoms with Gasteiger partial charge in [-0.1, -0.05) is 0 Å². The van der Waals surface area contributed by atoms with E-state index in [4.69, 9.17) is 9.84 Å². The van der Waals surface area contributed by atoms with Crippen molar-refractivity contribution in [1.29, 1.82) is 0 Å². The average Bonchev–Trinajstić information content (AvgIpc) is 2.12. The zero-order chi connectivity index (χ0) is 14.1. The molecule has 1 N–H and O–H groups in total. The number of carbonyl (C=O) groups is 2. The predicted molar refractivity (Wildman–Crippen MR) is 58.6 cm³/mol. The van der Waals surface area contributed by atoms with Crippen LogP contribution in [0.4, 0.5) is 4.79 Å². The third-order valence-electron chi connectivity index (χ3n) is 1.76. The minimum absolute atomic E-state index is 0.0422. The molecule has 1 amide bonds. The van der Waals surface area contributed by atoms with Gasteiger partial charge < -0.3 is 14.0 Å². The Morgan fingerprint density at radius 1 is 1.39 bits per heavy atom. The topological polar surface area (TPSA) is 110 Å². The summed E-state index contributed by atoms with van der Waals surface area (Å²) in [5.41, 5.74) is -0.961. The van der Waals surface area contributed by atoms with Crippen LogP contribution in [-0.4, -0.2) is 41.5 Å². The van der Waals surface area contributed by atoms with Gasteiger partial charge in [-0.15, -0.1) is 0 Å². The number of rotatable bonds is 1. The lowest BCUT2D eigenvalue weighted by molar-refractivity contribution is -0.140. The minimum atomic E-state index is -4.50. The molecule has 102 valence electrons. The van der Waals surface area contributed by atoms with Crippen molar-refractivity contribution in [2.45, 2.75) is 32.4 Å². The average molecular weight is 279 g/mol. The molecule has 0 aromatic rings. The molecule has 8 nitrogen and oxygen atoms in total. The number of aliphatic carboxylic acids is 1. The van der Waals surface area contributed by atoms with Crippen LogP contribution in [0.3, 0.4) is 0 Å². The van der Waals surface area contributed by atoms with Gasteiger partial charge in [0.05, 0.1) is 0 Å². The molecule has 18 heavy (non-hydrogen) atoms. The van der Waals surface area contributed by atoms with Crippen LogP contribution in [0.5, 0.6) is 0 Å². The van der Waals surface area contributed by atoms with Crippen molar-refractivity contribution in [3.63, 3.8) is 0 Å². The summed E-state index contributed by atoms with van der Waals surface area (Å²) in [6, 6.07) is -1.68. The molecule has 1 rings (SSSR count). The van der Waals surface area contributed by atoms with Gasteiger partial charge in [0.15, 0.2) is 6.04 Å². The monoisotopic (exact) mass is 279 g/mol. The molecule has 0 aromatic carbocycles. The molecule has 0 bridgehead atoms. The second-order valence-electron chi connectivity index (χ2n) is 4.44. The third-order valence-corrected chi connectivity index (χ3v) is 2.97. The van der Waals surface area contributed by atoms with Crippen molar-refractivity contribution in [2.75, 3.05) is 0 Å². The van der Waals surface area contributed by atoms with E-state index in [0.29, 0.717) is 6.26 Å². The first-order chi connectivity index (χ1) is 8.04. The summed E-state index contributed by atoms with van der Waals surface area (Å²) in [4.78, 5) is 22.6. The van der Waals surface area contributed by atoms with Crippen LogP contribution in [0.2, 0.25) is 0 Å². The van der Waals surface area contributed by atoms with E-state index in [2.05, 4.69) is 4.18 Å². The molecular formula is C9H13NO7S. The molecular weight excluding hydrogens is 266 g/mol. The number of carboxylic acid groups (broad SMARTS) is 1. The fourth-order valence-corrected chi connectivity index (χ4v) is 2.09. The molecule has 0 spiro atoms. The fraction of sp³-hybridized carbons (Fsp3) is 0.556. The maximum atomic E-state index is 11.7. The Morgan fingerprint density at radius 2 is 1.94 bits per heavy atom. The molecule has 1 heterocycles. The summed E-state index contributed by atoms with van der Waals surface area (Å²) in [5.74, 6) is -1.51. The number of hydrogen-bond donors (Lipinski definition) is 1. The molecule has 1 aliphatic heterocycles. The second kappa shape index (κ2) is 4.48. The quantitative estimate of drug-likeness (QED) is 0.742. The molecule has 0 saturated carbocycles. The maximum absolute atomic E-state index is 11.7. The van der Waals surface area contributed by atoms with Crippen molar-refractivity contribution in [1.82, 2.24) is 4.31 Å². The van der Waals surface area contributed by atoms with E-state index >= 15 is 0 Å². The Hall–Kier alpha value is -1.77. The van der Waals surface area contributed by atoms with E-state index in [1.165, 1.54) is 20.8 Å². The van der Waals surface area contributed by atoms with Crippen molar-refractivity contribution < 1.29 is 32.0 Å². The van der Waals surface area contributed by atoms with Crippen LogP contribution in [0.25, 0.3) is 0 Å².